The van der Waals surface area contributed by atoms with Gasteiger partial charge in [-0.25, -0.2) is 5.01 Å². The largest absolute Gasteiger partial charge is 0.481 e. The van der Waals surface area contributed by atoms with Gasteiger partial charge >= 0.3 is 5.97 Å². The predicted molar refractivity (Wildman–Crippen MR) is 88.2 cm³/mol. The number of aromatic nitrogens is 1. The third-order valence-electron chi connectivity index (χ3n) is 4.45. The van der Waals surface area contributed by atoms with Crippen molar-refractivity contribution in [3.63, 3.8) is 0 Å². The molecule has 0 aliphatic carbocycles. The summed E-state index contributed by atoms with van der Waals surface area (Å²) in [5.74, 6) is -0.156. The molecule has 0 bridgehead atoms. The smallest absolute Gasteiger partial charge is 0.304 e. The monoisotopic (exact) mass is 328 g/mol. The van der Waals surface area contributed by atoms with E-state index in [2.05, 4.69) is 0 Å². The average molecular weight is 328 g/mol. The molecule has 0 saturated heterocycles. The summed E-state index contributed by atoms with van der Waals surface area (Å²) < 4.78 is 1.94. The molecule has 0 saturated carbocycles. The third kappa shape index (κ3) is 2.25. The predicted octanol–water partition coefficient (Wildman–Crippen LogP) is 2.97. The second-order valence-corrected chi connectivity index (χ2v) is 7.08. The minimum atomic E-state index is -0.772. The number of fused-ring (bicyclic) bond motifs is 5. The highest BCUT2D eigenvalue weighted by atomic mass is 32.2. The van der Waals surface area contributed by atoms with E-state index in [-0.39, 0.29) is 23.6 Å². The van der Waals surface area contributed by atoms with Crippen LogP contribution in [0.1, 0.15) is 45.7 Å². The summed E-state index contributed by atoms with van der Waals surface area (Å²) in [6.45, 7) is 0. The number of rotatable bonds is 4. The topological polar surface area (TPSA) is 62.5 Å². The standard InChI is InChI=1S/C17H16N2O3S/c20-16(21)7-9-23-15-10-14-11-4-1-2-5-12(11)17(22)19(14)18-8-3-6-13(15)18/h1-6,8,14-15H,7,9-10H2,(H,20,21)/t14-,15+/m0/s1. The fraction of sp³-hybridized carbons (Fsp3) is 0.294. The maximum atomic E-state index is 12.7. The van der Waals surface area contributed by atoms with E-state index in [1.54, 1.807) is 11.8 Å². The van der Waals surface area contributed by atoms with Gasteiger partial charge in [-0.2, -0.15) is 11.8 Å². The lowest BCUT2D eigenvalue weighted by molar-refractivity contribution is -0.136. The number of benzene rings is 1. The Hall–Kier alpha value is -2.21. The zero-order valence-electron chi connectivity index (χ0n) is 12.4. The zero-order chi connectivity index (χ0) is 16.0. The molecule has 6 heteroatoms. The van der Waals surface area contributed by atoms with Gasteiger partial charge in [-0.1, -0.05) is 18.2 Å². The number of carbonyl (C=O) groups excluding carboxylic acids is 1. The van der Waals surface area contributed by atoms with Gasteiger partial charge in [0.1, 0.15) is 0 Å². The van der Waals surface area contributed by atoms with E-state index in [1.807, 2.05) is 52.3 Å². The van der Waals surface area contributed by atoms with Gasteiger partial charge in [-0.05, 0) is 30.2 Å². The van der Waals surface area contributed by atoms with Gasteiger partial charge in [-0.3, -0.25) is 14.3 Å². The van der Waals surface area contributed by atoms with Gasteiger partial charge in [-0.15, -0.1) is 0 Å². The Bertz CT molecular complexity index is 786. The lowest BCUT2D eigenvalue weighted by atomic mass is 9.99. The molecule has 0 spiro atoms. The maximum Gasteiger partial charge on any atom is 0.304 e. The van der Waals surface area contributed by atoms with E-state index >= 15 is 0 Å². The van der Waals surface area contributed by atoms with Crippen LogP contribution in [0.5, 0.6) is 0 Å². The minimum Gasteiger partial charge on any atom is -0.481 e. The first-order valence-electron chi connectivity index (χ1n) is 7.60. The van der Waals surface area contributed by atoms with Crippen LogP contribution in [0, 0.1) is 0 Å². The quantitative estimate of drug-likeness (QED) is 0.937. The summed E-state index contributed by atoms with van der Waals surface area (Å²) in [6.07, 6.45) is 2.89. The summed E-state index contributed by atoms with van der Waals surface area (Å²) in [7, 11) is 0. The average Bonchev–Trinajstić information content (AvgIpc) is 3.12. The second kappa shape index (κ2) is 5.45. The van der Waals surface area contributed by atoms with E-state index in [1.165, 1.54) is 0 Å². The number of nitrogens with zero attached hydrogens (tertiary/aromatic N) is 2. The Kier molecular flexibility index (Phi) is 3.41. The number of carbonyl (C=O) groups is 2. The molecule has 1 N–H and O–H groups in total. The lowest BCUT2D eigenvalue weighted by Crippen LogP contribution is -2.42. The minimum absolute atomic E-state index is 0.0286. The molecule has 2 atom stereocenters. The molecule has 118 valence electrons. The third-order valence-corrected chi connectivity index (χ3v) is 5.72. The number of hydrogen-bond acceptors (Lipinski definition) is 3. The molecule has 5 nitrogen and oxygen atoms in total. The molecule has 2 aliphatic rings. The van der Waals surface area contributed by atoms with Gasteiger partial charge in [0.15, 0.2) is 0 Å². The fourth-order valence-electron chi connectivity index (χ4n) is 3.46. The van der Waals surface area contributed by atoms with Gasteiger partial charge < -0.3 is 5.11 Å². The first-order chi connectivity index (χ1) is 11.2. The van der Waals surface area contributed by atoms with Crippen molar-refractivity contribution in [1.82, 2.24) is 4.68 Å². The van der Waals surface area contributed by atoms with Crippen molar-refractivity contribution in [3.05, 3.63) is 59.4 Å². The summed E-state index contributed by atoms with van der Waals surface area (Å²) in [4.78, 5) is 23.5. The molecular weight excluding hydrogens is 312 g/mol. The van der Waals surface area contributed by atoms with Gasteiger partial charge in [0.05, 0.1) is 18.2 Å². The number of thioether (sulfide) groups is 1. The highest BCUT2D eigenvalue weighted by Gasteiger charge is 2.43. The van der Waals surface area contributed by atoms with Crippen molar-refractivity contribution in [3.8, 4) is 0 Å². The van der Waals surface area contributed by atoms with E-state index in [9.17, 15) is 9.59 Å². The number of carboxylic acid groups (broad SMARTS) is 1. The second-order valence-electron chi connectivity index (χ2n) is 5.77. The number of aliphatic carboxylic acids is 1. The summed E-state index contributed by atoms with van der Waals surface area (Å²) in [5, 5.41) is 10.9. The SMILES string of the molecule is O=C(O)CCS[C@@H]1C[C@H]2c3ccccc3C(=O)N2n2cccc21. The van der Waals surface area contributed by atoms with E-state index < -0.39 is 5.97 Å². The molecule has 1 aromatic heterocycles. The molecule has 4 rings (SSSR count). The fourth-order valence-corrected chi connectivity index (χ4v) is 4.71. The number of hydrogen-bond donors (Lipinski definition) is 1. The van der Waals surface area contributed by atoms with Crippen LogP contribution in [0.25, 0.3) is 0 Å². The first kappa shape index (κ1) is 14.4. The summed E-state index contributed by atoms with van der Waals surface area (Å²) in [6, 6.07) is 11.7. The Morgan fingerprint density at radius 1 is 1.26 bits per heavy atom. The van der Waals surface area contributed by atoms with E-state index in [4.69, 9.17) is 5.11 Å². The normalized spacial score (nSPS) is 21.7. The molecule has 23 heavy (non-hydrogen) atoms. The van der Waals surface area contributed by atoms with Crippen molar-refractivity contribution >= 4 is 23.6 Å². The molecule has 3 heterocycles. The first-order valence-corrected chi connectivity index (χ1v) is 8.65. The van der Waals surface area contributed by atoms with Gasteiger partial charge in [0, 0.05) is 22.8 Å². The Balaban J connectivity index is 1.68. The van der Waals surface area contributed by atoms with Crippen LogP contribution in [0.3, 0.4) is 0 Å². The molecule has 1 aromatic carbocycles. The zero-order valence-corrected chi connectivity index (χ0v) is 13.2. The molecule has 0 fully saturated rings. The summed E-state index contributed by atoms with van der Waals surface area (Å²) in [5.41, 5.74) is 2.91. The Labute approximate surface area is 137 Å². The van der Waals surface area contributed by atoms with Crippen LogP contribution in [-0.4, -0.2) is 27.4 Å². The molecule has 0 radical (unpaired) electrons. The number of carboxylic acids is 1. The summed E-state index contributed by atoms with van der Waals surface area (Å²) >= 11 is 1.66. The Morgan fingerprint density at radius 3 is 2.91 bits per heavy atom. The highest BCUT2D eigenvalue weighted by molar-refractivity contribution is 7.99. The van der Waals surface area contributed by atoms with Crippen LogP contribution >= 0.6 is 11.8 Å². The van der Waals surface area contributed by atoms with Crippen molar-refractivity contribution < 1.29 is 14.7 Å². The van der Waals surface area contributed by atoms with Crippen molar-refractivity contribution in [1.29, 1.82) is 0 Å². The highest BCUT2D eigenvalue weighted by Crippen LogP contribution is 2.47. The van der Waals surface area contributed by atoms with Crippen LogP contribution in [0.2, 0.25) is 0 Å². The molecule has 2 aliphatic heterocycles. The van der Waals surface area contributed by atoms with Crippen molar-refractivity contribution in [2.24, 2.45) is 0 Å². The Morgan fingerprint density at radius 2 is 2.09 bits per heavy atom. The van der Waals surface area contributed by atoms with Crippen LogP contribution < -0.4 is 5.01 Å². The number of amides is 1. The van der Waals surface area contributed by atoms with Gasteiger partial charge in [0.25, 0.3) is 5.91 Å². The van der Waals surface area contributed by atoms with Crippen molar-refractivity contribution in [2.75, 3.05) is 10.8 Å². The van der Waals surface area contributed by atoms with Gasteiger partial charge in [0.2, 0.25) is 0 Å². The maximum absolute atomic E-state index is 12.7. The molecule has 1 amide bonds. The molecule has 0 unspecified atom stereocenters. The van der Waals surface area contributed by atoms with Crippen molar-refractivity contribution in [2.45, 2.75) is 24.1 Å². The molecule has 2 aromatic rings. The van der Waals surface area contributed by atoms with E-state index in [0.29, 0.717) is 5.75 Å². The van der Waals surface area contributed by atoms with Crippen LogP contribution in [0.15, 0.2) is 42.6 Å². The van der Waals surface area contributed by atoms with E-state index in [0.717, 1.165) is 23.2 Å². The van der Waals surface area contributed by atoms with Crippen LogP contribution in [0.4, 0.5) is 0 Å². The lowest BCUT2D eigenvalue weighted by Gasteiger charge is -2.37. The van der Waals surface area contributed by atoms with Crippen LogP contribution in [-0.2, 0) is 4.79 Å². The molecular formula is C17H16N2O3S.